The zero-order valence-corrected chi connectivity index (χ0v) is 18.5. The van der Waals surface area contributed by atoms with Gasteiger partial charge in [-0.3, -0.25) is 0 Å². The van der Waals surface area contributed by atoms with Gasteiger partial charge in [0.1, 0.15) is 11.5 Å². The maximum Gasteiger partial charge on any atom is 0.337 e. The van der Waals surface area contributed by atoms with Crippen LogP contribution in [0.4, 0.5) is 4.79 Å². The van der Waals surface area contributed by atoms with Gasteiger partial charge in [0.25, 0.3) is 0 Å². The van der Waals surface area contributed by atoms with Crippen molar-refractivity contribution in [2.24, 2.45) is 0 Å². The molecule has 2 N–H and O–H groups in total. The van der Waals surface area contributed by atoms with E-state index in [4.69, 9.17) is 9.47 Å². The monoisotopic (exact) mass is 422 g/mol. The summed E-state index contributed by atoms with van der Waals surface area (Å²) in [4.78, 5) is 24.7. The molecule has 1 atom stereocenters. The molecule has 0 bridgehead atoms. The second kappa shape index (κ2) is 10.2. The largest absolute Gasteiger partial charge is 0.466 e. The molecule has 6 nitrogen and oxygen atoms in total. The highest BCUT2D eigenvalue weighted by atomic mass is 16.5. The predicted octanol–water partition coefficient (Wildman–Crippen LogP) is 5.57. The van der Waals surface area contributed by atoms with E-state index in [1.54, 1.807) is 0 Å². The molecule has 31 heavy (non-hydrogen) atoms. The first-order valence-electron chi connectivity index (χ1n) is 10.7. The number of hydrogen-bond acceptors (Lipinski definition) is 4. The van der Waals surface area contributed by atoms with Crippen LogP contribution < -0.4 is 15.4 Å². The number of allylic oxidation sites excluding steroid dienone is 1. The lowest BCUT2D eigenvalue weighted by Crippen LogP contribution is -2.45. The minimum Gasteiger partial charge on any atom is -0.466 e. The van der Waals surface area contributed by atoms with E-state index in [9.17, 15) is 9.59 Å². The zero-order chi connectivity index (χ0) is 22.4. The summed E-state index contributed by atoms with van der Waals surface area (Å²) in [7, 11) is 1.35. The summed E-state index contributed by atoms with van der Waals surface area (Å²) in [5.74, 6) is 1.45. The fraction of sp³-hybridized carbons (Fsp3) is 0.360. The number of ether oxygens (including phenoxy) is 2. The summed E-state index contributed by atoms with van der Waals surface area (Å²) in [6, 6.07) is 14.5. The van der Waals surface area contributed by atoms with Crippen LogP contribution in [0.25, 0.3) is 0 Å². The number of rotatable bonds is 8. The number of urea groups is 1. The van der Waals surface area contributed by atoms with Crippen molar-refractivity contribution in [3.63, 3.8) is 0 Å². The maximum absolute atomic E-state index is 12.5. The molecule has 0 aromatic heterocycles. The van der Waals surface area contributed by atoms with Gasteiger partial charge in [0, 0.05) is 5.70 Å². The molecule has 1 heterocycles. The quantitative estimate of drug-likeness (QED) is 0.545. The average molecular weight is 423 g/mol. The minimum absolute atomic E-state index is 0.325. The van der Waals surface area contributed by atoms with Gasteiger partial charge in [-0.25, -0.2) is 9.59 Å². The van der Waals surface area contributed by atoms with E-state index in [0.717, 1.165) is 24.2 Å². The van der Waals surface area contributed by atoms with Crippen molar-refractivity contribution in [3.05, 3.63) is 70.9 Å². The van der Waals surface area contributed by atoms with Crippen molar-refractivity contribution in [1.82, 2.24) is 10.6 Å². The number of carbonyl (C=O) groups excluding carboxylic acids is 2. The van der Waals surface area contributed by atoms with E-state index in [1.165, 1.54) is 12.7 Å². The molecule has 1 unspecified atom stereocenters. The summed E-state index contributed by atoms with van der Waals surface area (Å²) in [6.45, 7) is 6.37. The van der Waals surface area contributed by atoms with Crippen LogP contribution in [0.2, 0.25) is 0 Å². The molecule has 0 saturated carbocycles. The second-order valence-electron chi connectivity index (χ2n) is 7.91. The van der Waals surface area contributed by atoms with E-state index < -0.39 is 12.0 Å². The number of methoxy groups -OCH3 is 1. The molecule has 1 aliphatic heterocycles. The van der Waals surface area contributed by atoms with Crippen LogP contribution in [0.15, 0.2) is 59.8 Å². The van der Waals surface area contributed by atoms with Gasteiger partial charge < -0.3 is 20.1 Å². The van der Waals surface area contributed by atoms with Gasteiger partial charge in [0.05, 0.1) is 18.7 Å². The van der Waals surface area contributed by atoms with Crippen molar-refractivity contribution in [1.29, 1.82) is 0 Å². The topological polar surface area (TPSA) is 76.7 Å². The highest BCUT2D eigenvalue weighted by Crippen LogP contribution is 2.31. The Morgan fingerprint density at radius 2 is 1.65 bits per heavy atom. The van der Waals surface area contributed by atoms with Crippen LogP contribution >= 0.6 is 0 Å². The predicted molar refractivity (Wildman–Crippen MR) is 120 cm³/mol. The Hall–Kier alpha value is -3.28. The molecule has 2 amide bonds. The van der Waals surface area contributed by atoms with Crippen LogP contribution in [0.1, 0.15) is 63.1 Å². The van der Waals surface area contributed by atoms with Crippen LogP contribution in [0.3, 0.4) is 0 Å². The first kappa shape index (κ1) is 22.4. The molecule has 2 aromatic carbocycles. The number of carbonyl (C=O) groups is 2. The number of hydrogen-bond donors (Lipinski definition) is 2. The van der Waals surface area contributed by atoms with Crippen molar-refractivity contribution >= 4 is 12.0 Å². The zero-order valence-electron chi connectivity index (χ0n) is 18.5. The Balaban J connectivity index is 1.83. The van der Waals surface area contributed by atoms with Crippen molar-refractivity contribution in [3.8, 4) is 11.5 Å². The lowest BCUT2D eigenvalue weighted by atomic mass is 9.93. The van der Waals surface area contributed by atoms with Gasteiger partial charge >= 0.3 is 12.0 Å². The van der Waals surface area contributed by atoms with E-state index in [0.29, 0.717) is 29.4 Å². The molecular formula is C25H30N2O4. The maximum atomic E-state index is 12.5. The summed E-state index contributed by atoms with van der Waals surface area (Å²) in [5.41, 5.74) is 3.10. The molecule has 0 fully saturated rings. The van der Waals surface area contributed by atoms with E-state index >= 15 is 0 Å². The van der Waals surface area contributed by atoms with Crippen LogP contribution in [-0.4, -0.2) is 19.1 Å². The molecule has 6 heteroatoms. The van der Waals surface area contributed by atoms with Gasteiger partial charge in [-0.1, -0.05) is 51.5 Å². The molecule has 0 aliphatic carbocycles. The first-order chi connectivity index (χ1) is 14.9. The van der Waals surface area contributed by atoms with Gasteiger partial charge in [0.15, 0.2) is 0 Å². The Bertz CT molecular complexity index is 946. The van der Waals surface area contributed by atoms with Crippen molar-refractivity contribution in [2.45, 2.75) is 52.0 Å². The summed E-state index contributed by atoms with van der Waals surface area (Å²) >= 11 is 0. The molecule has 0 radical (unpaired) electrons. The van der Waals surface area contributed by atoms with E-state index in [2.05, 4.69) is 43.5 Å². The number of esters is 1. The lowest BCUT2D eigenvalue weighted by molar-refractivity contribution is -0.136. The minimum atomic E-state index is -0.576. The molecule has 3 rings (SSSR count). The number of nitrogens with one attached hydrogen (secondary N) is 2. The third kappa shape index (κ3) is 5.45. The van der Waals surface area contributed by atoms with Crippen LogP contribution in [0, 0.1) is 0 Å². The number of unbranched alkanes of at least 4 members (excludes halogenated alkanes) is 1. The average Bonchev–Trinajstić information content (AvgIpc) is 2.77. The molecule has 1 aliphatic rings. The van der Waals surface area contributed by atoms with Gasteiger partial charge in [-0.05, 0) is 54.2 Å². The smallest absolute Gasteiger partial charge is 0.337 e. The van der Waals surface area contributed by atoms with Crippen LogP contribution in [0.5, 0.6) is 11.5 Å². The Labute approximate surface area is 183 Å². The van der Waals surface area contributed by atoms with Crippen molar-refractivity contribution < 1.29 is 19.1 Å². The molecule has 0 spiro atoms. The summed E-state index contributed by atoms with van der Waals surface area (Å²) in [6.07, 6.45) is 2.43. The summed E-state index contributed by atoms with van der Waals surface area (Å²) < 4.78 is 10.9. The fourth-order valence-corrected chi connectivity index (χ4v) is 3.55. The first-order valence-corrected chi connectivity index (χ1v) is 10.7. The molecule has 0 saturated heterocycles. The van der Waals surface area contributed by atoms with Crippen molar-refractivity contribution in [2.75, 3.05) is 7.11 Å². The van der Waals surface area contributed by atoms with E-state index in [-0.39, 0.29) is 6.03 Å². The normalized spacial score (nSPS) is 16.0. The Morgan fingerprint density at radius 3 is 2.19 bits per heavy atom. The molecular weight excluding hydrogens is 392 g/mol. The van der Waals surface area contributed by atoms with Crippen LogP contribution in [-0.2, 0) is 9.53 Å². The van der Waals surface area contributed by atoms with E-state index in [1.807, 2.05) is 36.4 Å². The highest BCUT2D eigenvalue weighted by Gasteiger charge is 2.33. The second-order valence-corrected chi connectivity index (χ2v) is 7.91. The third-order valence-electron chi connectivity index (χ3n) is 5.34. The van der Waals surface area contributed by atoms with Gasteiger partial charge in [-0.15, -0.1) is 0 Å². The fourth-order valence-electron chi connectivity index (χ4n) is 3.55. The SMILES string of the molecule is CCCCC1=C(C(=O)OC)C(c2ccc(Oc3ccc(C(C)C)cc3)cc2)NC(=O)N1. The molecule has 164 valence electrons. The Morgan fingerprint density at radius 1 is 1.03 bits per heavy atom. The third-order valence-corrected chi connectivity index (χ3v) is 5.34. The molecule has 2 aromatic rings. The van der Waals surface area contributed by atoms with Gasteiger partial charge in [-0.2, -0.15) is 0 Å². The Kier molecular flexibility index (Phi) is 7.34. The summed E-state index contributed by atoms with van der Waals surface area (Å²) in [5, 5.41) is 5.62. The van der Waals surface area contributed by atoms with Gasteiger partial charge in [0.2, 0.25) is 0 Å². The lowest BCUT2D eigenvalue weighted by Gasteiger charge is -2.29. The number of amides is 2. The highest BCUT2D eigenvalue weighted by molar-refractivity contribution is 5.95. The number of benzene rings is 2. The standard InChI is InChI=1S/C25H30N2O4/c1-5-6-7-21-22(24(28)30-4)23(27-25(29)26-21)18-10-14-20(15-11-18)31-19-12-8-17(9-13-19)16(2)3/h8-16,23H,5-7H2,1-4H3,(H2,26,27,29).